The molecule has 0 saturated carbocycles. The number of aromatic carboxylic acids is 1. The zero-order valence-corrected chi connectivity index (χ0v) is 25.7. The highest BCUT2D eigenvalue weighted by atomic mass is 32.2. The van der Waals surface area contributed by atoms with Gasteiger partial charge in [-0.25, -0.2) is 9.78 Å². The van der Waals surface area contributed by atoms with Gasteiger partial charge in [-0.15, -0.1) is 11.8 Å². The fourth-order valence-electron chi connectivity index (χ4n) is 4.94. The molecule has 2 heterocycles. The van der Waals surface area contributed by atoms with Gasteiger partial charge in [0.05, 0.1) is 24.4 Å². The Morgan fingerprint density at radius 2 is 1.68 bits per heavy atom. The summed E-state index contributed by atoms with van der Waals surface area (Å²) in [5.74, 6) is -0.772. The monoisotopic (exact) mass is 621 g/mol. The van der Waals surface area contributed by atoms with Crippen molar-refractivity contribution < 1.29 is 34.1 Å². The van der Waals surface area contributed by atoms with E-state index in [2.05, 4.69) is 15.6 Å². The summed E-state index contributed by atoms with van der Waals surface area (Å²) in [6.45, 7) is 4.09. The number of carbonyl (C=O) groups is 3. The summed E-state index contributed by atoms with van der Waals surface area (Å²) in [4.78, 5) is 39.4. The van der Waals surface area contributed by atoms with E-state index in [4.69, 9.17) is 9.47 Å². The molecular weight excluding hydrogens is 582 g/mol. The number of unbranched alkanes of at least 4 members (excludes halogenated alkanes) is 2. The van der Waals surface area contributed by atoms with Gasteiger partial charge in [0.25, 0.3) is 0 Å². The lowest BCUT2D eigenvalue weighted by Gasteiger charge is -2.41. The van der Waals surface area contributed by atoms with Gasteiger partial charge in [-0.05, 0) is 48.2 Å². The van der Waals surface area contributed by atoms with E-state index in [1.54, 1.807) is 12.3 Å². The molecule has 4 atom stereocenters. The van der Waals surface area contributed by atoms with Gasteiger partial charge in [0.2, 0.25) is 11.8 Å². The average molecular weight is 622 g/mol. The van der Waals surface area contributed by atoms with Crippen LogP contribution in [0.15, 0.2) is 71.9 Å². The quantitative estimate of drug-likeness (QED) is 0.135. The minimum Gasteiger partial charge on any atom is -0.478 e. The van der Waals surface area contributed by atoms with Gasteiger partial charge in [0.15, 0.2) is 6.29 Å². The van der Waals surface area contributed by atoms with E-state index in [-0.39, 0.29) is 42.1 Å². The molecule has 1 aliphatic rings. The number of anilines is 1. The smallest absolute Gasteiger partial charge is 0.338 e. The largest absolute Gasteiger partial charge is 0.478 e. The molecule has 0 bridgehead atoms. The van der Waals surface area contributed by atoms with Crippen molar-refractivity contribution in [2.75, 3.05) is 17.6 Å². The molecule has 1 aromatic heterocycles. The fourth-order valence-corrected chi connectivity index (χ4v) is 6.09. The maximum Gasteiger partial charge on any atom is 0.338 e. The highest BCUT2D eigenvalue weighted by Crippen LogP contribution is 2.43. The predicted molar refractivity (Wildman–Crippen MR) is 167 cm³/mol. The molecule has 3 aromatic rings. The zero-order valence-electron chi connectivity index (χ0n) is 24.9. The van der Waals surface area contributed by atoms with E-state index in [1.165, 1.54) is 24.8 Å². The van der Waals surface area contributed by atoms with Crippen molar-refractivity contribution in [1.29, 1.82) is 0 Å². The van der Waals surface area contributed by atoms with Crippen LogP contribution in [-0.2, 0) is 25.7 Å². The molecule has 4 rings (SSSR count). The normalized spacial score (nSPS) is 19.7. The Morgan fingerprint density at radius 3 is 2.36 bits per heavy atom. The Hall–Kier alpha value is -3.77. The van der Waals surface area contributed by atoms with Crippen LogP contribution < -0.4 is 10.6 Å². The van der Waals surface area contributed by atoms with Gasteiger partial charge >= 0.3 is 5.97 Å². The van der Waals surface area contributed by atoms with Crippen molar-refractivity contribution in [2.45, 2.75) is 69.7 Å². The molecule has 0 radical (unpaired) electrons. The van der Waals surface area contributed by atoms with Crippen molar-refractivity contribution in [3.05, 3.63) is 89.1 Å². The summed E-state index contributed by atoms with van der Waals surface area (Å²) in [6, 6.07) is 18.1. The minimum atomic E-state index is -1.03. The Bertz CT molecular complexity index is 1400. The number of rotatable bonds is 14. The number of thioether (sulfide) groups is 1. The van der Waals surface area contributed by atoms with E-state index in [0.29, 0.717) is 29.4 Å². The first-order valence-electron chi connectivity index (χ1n) is 14.7. The van der Waals surface area contributed by atoms with E-state index >= 15 is 0 Å². The minimum absolute atomic E-state index is 0.0508. The summed E-state index contributed by atoms with van der Waals surface area (Å²) in [7, 11) is 0. The standard InChI is InChI=1S/C33H39N3O7S/c1-21-28(20-44-31-27(32(40)41)7-6-18-35-31)42-33(43-30(21)24-11-9-23(19-37)10-12-24)25-13-15-26(16-14-25)36-29(39)8-4-3-5-17-34-22(2)38/h6-7,9-16,18,21,28,30,33,37H,3-5,8,17,19-20H2,1-2H3,(H,34,38)(H,36,39)(H,40,41). The van der Waals surface area contributed by atoms with Crippen LogP contribution in [-0.4, -0.2) is 51.4 Å². The van der Waals surface area contributed by atoms with Crippen molar-refractivity contribution in [1.82, 2.24) is 10.3 Å². The average Bonchev–Trinajstić information content (AvgIpc) is 3.02. The number of benzene rings is 2. The maximum atomic E-state index is 12.4. The van der Waals surface area contributed by atoms with E-state index in [9.17, 15) is 24.6 Å². The zero-order chi connectivity index (χ0) is 31.5. The molecule has 0 aliphatic carbocycles. The fraction of sp³-hybridized carbons (Fsp3) is 0.394. The van der Waals surface area contributed by atoms with Crippen LogP contribution in [0.2, 0.25) is 0 Å². The van der Waals surface area contributed by atoms with Crippen molar-refractivity contribution in [3.8, 4) is 0 Å². The summed E-state index contributed by atoms with van der Waals surface area (Å²) in [5, 5.41) is 25.2. The van der Waals surface area contributed by atoms with Crippen LogP contribution >= 0.6 is 11.8 Å². The van der Waals surface area contributed by atoms with Crippen LogP contribution in [0.4, 0.5) is 5.69 Å². The topological polar surface area (TPSA) is 147 Å². The number of aliphatic hydroxyl groups excluding tert-OH is 1. The molecule has 2 amide bonds. The number of hydrogen-bond donors (Lipinski definition) is 4. The van der Waals surface area contributed by atoms with Gasteiger partial charge in [-0.1, -0.05) is 49.7 Å². The number of nitrogens with one attached hydrogen (secondary N) is 2. The Kier molecular flexibility index (Phi) is 12.3. The van der Waals surface area contributed by atoms with Gasteiger partial charge in [-0.3, -0.25) is 9.59 Å². The lowest BCUT2D eigenvalue weighted by atomic mass is 9.91. The molecule has 1 fully saturated rings. The molecule has 234 valence electrons. The molecule has 11 heteroatoms. The van der Waals surface area contributed by atoms with Crippen LogP contribution in [0.1, 0.15) is 79.0 Å². The number of aromatic nitrogens is 1. The molecule has 0 spiro atoms. The Morgan fingerprint density at radius 1 is 0.955 bits per heavy atom. The number of nitrogens with zero attached hydrogens (tertiary/aromatic N) is 1. The number of carbonyl (C=O) groups excluding carboxylic acids is 2. The first-order valence-corrected chi connectivity index (χ1v) is 15.7. The lowest BCUT2D eigenvalue weighted by Crippen LogP contribution is -2.38. The number of carboxylic acids is 1. The summed E-state index contributed by atoms with van der Waals surface area (Å²) in [5.41, 5.74) is 3.34. The Labute approximate surface area is 261 Å². The SMILES string of the molecule is CC(=O)NCCCCCC(=O)Nc1ccc(C2OC(CSc3ncccc3C(=O)O)C(C)C(c3ccc(CO)cc3)O2)cc1. The van der Waals surface area contributed by atoms with Crippen LogP contribution in [0, 0.1) is 5.92 Å². The van der Waals surface area contributed by atoms with Gasteiger partial charge in [-0.2, -0.15) is 0 Å². The number of ether oxygens (including phenoxy) is 2. The van der Waals surface area contributed by atoms with Crippen molar-refractivity contribution in [3.63, 3.8) is 0 Å². The third-order valence-electron chi connectivity index (χ3n) is 7.43. The second-order valence-corrected chi connectivity index (χ2v) is 11.8. The summed E-state index contributed by atoms with van der Waals surface area (Å²) < 4.78 is 12.9. The van der Waals surface area contributed by atoms with Gasteiger partial charge in [0, 0.05) is 49.0 Å². The van der Waals surface area contributed by atoms with Crippen LogP contribution in [0.25, 0.3) is 0 Å². The van der Waals surface area contributed by atoms with E-state index in [0.717, 1.165) is 36.0 Å². The van der Waals surface area contributed by atoms with Gasteiger partial charge < -0.3 is 30.3 Å². The van der Waals surface area contributed by atoms with Crippen LogP contribution in [0.5, 0.6) is 0 Å². The van der Waals surface area contributed by atoms with E-state index in [1.807, 2.05) is 55.5 Å². The molecule has 1 saturated heterocycles. The molecule has 4 N–H and O–H groups in total. The molecule has 4 unspecified atom stereocenters. The summed E-state index contributed by atoms with van der Waals surface area (Å²) in [6.07, 6.45) is 3.07. The van der Waals surface area contributed by atoms with Crippen molar-refractivity contribution >= 4 is 35.2 Å². The molecule has 44 heavy (non-hydrogen) atoms. The third-order valence-corrected chi connectivity index (χ3v) is 8.52. The summed E-state index contributed by atoms with van der Waals surface area (Å²) >= 11 is 1.34. The van der Waals surface area contributed by atoms with E-state index < -0.39 is 12.3 Å². The first-order chi connectivity index (χ1) is 21.2. The first kappa shape index (κ1) is 33.1. The molecule has 2 aromatic carbocycles. The maximum absolute atomic E-state index is 12.4. The number of aliphatic hydroxyl groups is 1. The number of carboxylic acid groups (broad SMARTS) is 1. The molecule has 10 nitrogen and oxygen atoms in total. The number of hydrogen-bond acceptors (Lipinski definition) is 8. The lowest BCUT2D eigenvalue weighted by molar-refractivity contribution is -0.268. The number of amides is 2. The second kappa shape index (κ2) is 16.3. The number of pyridine rings is 1. The molecular formula is C33H39N3O7S. The highest BCUT2D eigenvalue weighted by molar-refractivity contribution is 7.99. The predicted octanol–water partition coefficient (Wildman–Crippen LogP) is 5.49. The highest BCUT2D eigenvalue weighted by Gasteiger charge is 2.38. The third kappa shape index (κ3) is 9.36. The Balaban J connectivity index is 1.43. The molecule has 1 aliphatic heterocycles. The van der Waals surface area contributed by atoms with Crippen molar-refractivity contribution in [2.24, 2.45) is 5.92 Å². The second-order valence-electron chi connectivity index (χ2n) is 10.8. The van der Waals surface area contributed by atoms with Crippen LogP contribution in [0.3, 0.4) is 0 Å². The van der Waals surface area contributed by atoms with Gasteiger partial charge in [0.1, 0.15) is 5.03 Å².